The minimum atomic E-state index is -3.54. The summed E-state index contributed by atoms with van der Waals surface area (Å²) in [6.07, 6.45) is 4.61. The summed E-state index contributed by atoms with van der Waals surface area (Å²) in [5, 5.41) is 2.09. The number of halogens is 2. The lowest BCUT2D eigenvalue weighted by atomic mass is 9.93. The largest absolute Gasteiger partial charge is 0.270 e. The summed E-state index contributed by atoms with van der Waals surface area (Å²) < 4.78 is 41.0. The fourth-order valence-electron chi connectivity index (χ4n) is 2.76. The van der Waals surface area contributed by atoms with E-state index in [4.69, 9.17) is 15.8 Å². The van der Waals surface area contributed by atoms with Gasteiger partial charge in [0, 0.05) is 28.2 Å². The zero-order valence-electron chi connectivity index (χ0n) is 13.4. The number of hydrogen-bond acceptors (Lipinski definition) is 4. The Balaban J connectivity index is 2.16. The van der Waals surface area contributed by atoms with Crippen LogP contribution in [0.25, 0.3) is 21.9 Å². The van der Waals surface area contributed by atoms with Crippen LogP contribution in [0.1, 0.15) is 5.56 Å². The molecule has 7 heteroatoms. The van der Waals surface area contributed by atoms with Crippen LogP contribution in [0.15, 0.2) is 48.8 Å². The van der Waals surface area contributed by atoms with Crippen LogP contribution in [-0.4, -0.2) is 26.3 Å². The molecule has 2 aromatic carbocycles. The monoisotopic (exact) mass is 379 g/mol. The van der Waals surface area contributed by atoms with Gasteiger partial charge >= 0.3 is 0 Å². The second kappa shape index (κ2) is 7.07. The smallest absolute Gasteiger partial charge is 0.264 e. The average molecular weight is 380 g/mol. The maximum atomic E-state index is 13.7. The molecule has 4 nitrogen and oxygen atoms in total. The molecule has 130 valence electrons. The van der Waals surface area contributed by atoms with Crippen molar-refractivity contribution in [2.45, 2.75) is 6.42 Å². The molecule has 0 saturated heterocycles. The van der Waals surface area contributed by atoms with Crippen molar-refractivity contribution in [3.8, 4) is 11.1 Å². The van der Waals surface area contributed by atoms with E-state index in [0.29, 0.717) is 17.0 Å². The zero-order valence-corrected chi connectivity index (χ0v) is 14.9. The molecule has 1 heterocycles. The van der Waals surface area contributed by atoms with E-state index >= 15 is 0 Å². The Morgan fingerprint density at radius 3 is 2.72 bits per heavy atom. The lowest BCUT2D eigenvalue weighted by Crippen LogP contribution is -2.07. The first-order valence-electron chi connectivity index (χ1n) is 7.50. The Morgan fingerprint density at radius 1 is 1.20 bits per heavy atom. The Kier molecular flexibility index (Phi) is 5.03. The Bertz CT molecular complexity index is 1040. The minimum absolute atomic E-state index is 0.0246. The number of aromatic nitrogens is 1. The van der Waals surface area contributed by atoms with Crippen LogP contribution in [0, 0.1) is 5.82 Å². The summed E-state index contributed by atoms with van der Waals surface area (Å²) in [6, 6.07) is 9.76. The van der Waals surface area contributed by atoms with E-state index < -0.39 is 10.1 Å². The molecule has 0 amide bonds. The molecule has 0 atom stereocenters. The van der Waals surface area contributed by atoms with Gasteiger partial charge in [0.2, 0.25) is 0 Å². The molecule has 25 heavy (non-hydrogen) atoms. The molecule has 0 unspecified atom stereocenters. The maximum Gasteiger partial charge on any atom is 0.264 e. The fraction of sp³-hybridized carbons (Fsp3) is 0.167. The normalized spacial score (nSPS) is 11.8. The zero-order chi connectivity index (χ0) is 18.0. The third kappa shape index (κ3) is 4.15. The van der Waals surface area contributed by atoms with E-state index in [9.17, 15) is 12.8 Å². The van der Waals surface area contributed by atoms with E-state index in [-0.39, 0.29) is 12.4 Å². The first kappa shape index (κ1) is 17.8. The molecule has 0 aliphatic heterocycles. The van der Waals surface area contributed by atoms with Gasteiger partial charge in [-0.2, -0.15) is 8.42 Å². The highest BCUT2D eigenvalue weighted by atomic mass is 35.5. The Labute approximate surface area is 150 Å². The topological polar surface area (TPSA) is 56.3 Å². The maximum absolute atomic E-state index is 13.7. The van der Waals surface area contributed by atoms with Gasteiger partial charge < -0.3 is 0 Å². The molecule has 0 aliphatic carbocycles. The van der Waals surface area contributed by atoms with Gasteiger partial charge in [-0.05, 0) is 47.4 Å². The van der Waals surface area contributed by atoms with E-state index in [1.807, 2.05) is 0 Å². The summed E-state index contributed by atoms with van der Waals surface area (Å²) in [5.41, 5.74) is 2.20. The number of pyridine rings is 1. The summed E-state index contributed by atoms with van der Waals surface area (Å²) in [7, 11) is -3.54. The van der Waals surface area contributed by atoms with Crippen LogP contribution >= 0.6 is 11.6 Å². The van der Waals surface area contributed by atoms with Gasteiger partial charge in [0.25, 0.3) is 10.1 Å². The molecule has 3 rings (SSSR count). The summed E-state index contributed by atoms with van der Waals surface area (Å²) in [4.78, 5) is 4.14. The highest BCUT2D eigenvalue weighted by molar-refractivity contribution is 7.85. The van der Waals surface area contributed by atoms with Crippen molar-refractivity contribution in [1.29, 1.82) is 0 Å². The Hall–Kier alpha value is -2.02. The van der Waals surface area contributed by atoms with Crippen molar-refractivity contribution in [3.63, 3.8) is 0 Å². The lowest BCUT2D eigenvalue weighted by Gasteiger charge is -2.15. The molecule has 0 saturated carbocycles. The van der Waals surface area contributed by atoms with Crippen LogP contribution in [0.4, 0.5) is 4.39 Å². The molecular weight excluding hydrogens is 365 g/mol. The number of fused-ring (bicyclic) bond motifs is 1. The molecule has 1 aromatic heterocycles. The van der Waals surface area contributed by atoms with E-state index in [0.717, 1.165) is 28.2 Å². The van der Waals surface area contributed by atoms with Crippen molar-refractivity contribution in [3.05, 3.63) is 65.2 Å². The summed E-state index contributed by atoms with van der Waals surface area (Å²) in [5.74, 6) is -0.358. The average Bonchev–Trinajstić information content (AvgIpc) is 2.54. The number of benzene rings is 2. The van der Waals surface area contributed by atoms with Crippen molar-refractivity contribution >= 4 is 32.5 Å². The summed E-state index contributed by atoms with van der Waals surface area (Å²) in [6.45, 7) is -0.0246. The van der Waals surface area contributed by atoms with Crippen molar-refractivity contribution < 1.29 is 17.0 Å². The molecule has 0 spiro atoms. The molecule has 0 N–H and O–H groups in total. The van der Waals surface area contributed by atoms with Crippen LogP contribution < -0.4 is 0 Å². The number of nitrogens with zero attached hydrogens (tertiary/aromatic N) is 1. The molecule has 0 aliphatic rings. The predicted molar refractivity (Wildman–Crippen MR) is 96.6 cm³/mol. The fourth-order valence-corrected chi connectivity index (χ4v) is 3.45. The van der Waals surface area contributed by atoms with E-state index in [1.165, 1.54) is 12.1 Å². The van der Waals surface area contributed by atoms with Crippen molar-refractivity contribution in [1.82, 2.24) is 4.98 Å². The SMILES string of the molecule is CS(=O)(=O)OCCc1cc(Cl)c2ccncc2c1-c1cccc(F)c1. The van der Waals surface area contributed by atoms with Crippen LogP contribution in [0.3, 0.4) is 0 Å². The quantitative estimate of drug-likeness (QED) is 0.623. The number of rotatable bonds is 5. The third-order valence-electron chi connectivity index (χ3n) is 3.75. The predicted octanol–water partition coefficient (Wildman–Crippen LogP) is 4.21. The van der Waals surface area contributed by atoms with E-state index in [1.54, 1.807) is 36.7 Å². The van der Waals surface area contributed by atoms with Gasteiger partial charge in [0.1, 0.15) is 5.82 Å². The van der Waals surface area contributed by atoms with Crippen molar-refractivity contribution in [2.75, 3.05) is 12.9 Å². The second-order valence-corrected chi connectivity index (χ2v) is 7.65. The van der Waals surface area contributed by atoms with Crippen LogP contribution in [-0.2, 0) is 20.7 Å². The van der Waals surface area contributed by atoms with Gasteiger partial charge in [-0.25, -0.2) is 4.39 Å². The van der Waals surface area contributed by atoms with Gasteiger partial charge in [0.05, 0.1) is 12.9 Å². The first-order valence-corrected chi connectivity index (χ1v) is 9.70. The molecule has 0 radical (unpaired) electrons. The molecule has 0 bridgehead atoms. The first-order chi connectivity index (χ1) is 11.8. The third-order valence-corrected chi connectivity index (χ3v) is 4.66. The van der Waals surface area contributed by atoms with Gasteiger partial charge in [-0.3, -0.25) is 9.17 Å². The van der Waals surface area contributed by atoms with Crippen molar-refractivity contribution in [2.24, 2.45) is 0 Å². The minimum Gasteiger partial charge on any atom is -0.270 e. The molecule has 3 aromatic rings. The van der Waals surface area contributed by atoms with E-state index in [2.05, 4.69) is 4.98 Å². The van der Waals surface area contributed by atoms with Gasteiger partial charge in [0.15, 0.2) is 0 Å². The van der Waals surface area contributed by atoms with Crippen LogP contribution in [0.2, 0.25) is 5.02 Å². The standard InChI is InChI=1S/C18H15ClFNO3S/c1-25(22,23)24-8-6-13-10-17(19)15-5-7-21-11-16(15)18(13)12-3-2-4-14(20)9-12/h2-5,7,9-11H,6,8H2,1H3. The van der Waals surface area contributed by atoms with Gasteiger partial charge in [-0.1, -0.05) is 23.7 Å². The van der Waals surface area contributed by atoms with Gasteiger partial charge in [-0.15, -0.1) is 0 Å². The highest BCUT2D eigenvalue weighted by Crippen LogP contribution is 2.36. The Morgan fingerprint density at radius 2 is 2.00 bits per heavy atom. The highest BCUT2D eigenvalue weighted by Gasteiger charge is 2.15. The lowest BCUT2D eigenvalue weighted by molar-refractivity contribution is 0.326. The second-order valence-electron chi connectivity index (χ2n) is 5.60. The van der Waals surface area contributed by atoms with Crippen LogP contribution in [0.5, 0.6) is 0 Å². The molecular formula is C18H15ClFNO3S. The molecule has 0 fully saturated rings. The number of hydrogen-bond donors (Lipinski definition) is 0. The summed E-state index contributed by atoms with van der Waals surface area (Å²) >= 11 is 6.36.